The number of rotatable bonds is 4. The van der Waals surface area contributed by atoms with Gasteiger partial charge in [0.1, 0.15) is 5.82 Å². The van der Waals surface area contributed by atoms with Crippen molar-refractivity contribution in [3.63, 3.8) is 0 Å². The Morgan fingerprint density at radius 2 is 2.00 bits per heavy atom. The molecule has 0 bridgehead atoms. The Hall–Kier alpha value is -3.54. The summed E-state index contributed by atoms with van der Waals surface area (Å²) in [5, 5.41) is 16.9. The van der Waals surface area contributed by atoms with E-state index in [1.807, 2.05) is 0 Å². The molecule has 130 valence electrons. The van der Waals surface area contributed by atoms with Crippen molar-refractivity contribution in [1.29, 1.82) is 5.41 Å². The maximum atomic E-state index is 13.6. The first-order valence-corrected chi connectivity index (χ1v) is 7.81. The summed E-state index contributed by atoms with van der Waals surface area (Å²) < 4.78 is 13.6. The number of carboxylic acid groups (broad SMARTS) is 1. The minimum absolute atomic E-state index is 0.0410. The number of aromatic nitrogens is 1. The molecular weight excluding hydrogens is 333 g/mol. The molecule has 0 radical (unpaired) electrons. The van der Waals surface area contributed by atoms with Crippen LogP contribution in [0.4, 0.5) is 10.1 Å². The summed E-state index contributed by atoms with van der Waals surface area (Å²) in [6.45, 7) is 1.67. The zero-order valence-corrected chi connectivity index (χ0v) is 14.0. The molecule has 0 saturated carbocycles. The van der Waals surface area contributed by atoms with Crippen molar-refractivity contribution >= 4 is 17.9 Å². The van der Waals surface area contributed by atoms with Crippen LogP contribution in [0.25, 0.3) is 22.4 Å². The number of nitrogens with zero attached hydrogens (tertiary/aromatic N) is 1. The zero-order chi connectivity index (χ0) is 18.8. The third kappa shape index (κ3) is 3.04. The van der Waals surface area contributed by atoms with Crippen LogP contribution in [-0.4, -0.2) is 22.3 Å². The van der Waals surface area contributed by atoms with E-state index in [0.29, 0.717) is 33.5 Å². The van der Waals surface area contributed by atoms with Gasteiger partial charge in [-0.15, -0.1) is 0 Å². The summed E-state index contributed by atoms with van der Waals surface area (Å²) >= 11 is 0. The molecule has 0 unspecified atom stereocenters. The van der Waals surface area contributed by atoms with E-state index in [4.69, 9.17) is 11.1 Å². The maximum absolute atomic E-state index is 13.6. The number of aromatic carboxylic acids is 1. The Kier molecular flexibility index (Phi) is 4.49. The molecule has 1 heterocycles. The number of carbonyl (C=O) groups is 1. The minimum Gasteiger partial charge on any atom is -0.478 e. The number of anilines is 1. The van der Waals surface area contributed by atoms with Crippen molar-refractivity contribution < 1.29 is 14.3 Å². The third-order valence-electron chi connectivity index (χ3n) is 4.15. The number of nitrogens with two attached hydrogens (primary N) is 1. The Balaban J connectivity index is 2.26. The molecular formula is C20H16FN3O2. The van der Waals surface area contributed by atoms with Gasteiger partial charge in [0.15, 0.2) is 0 Å². The molecule has 0 atom stereocenters. The van der Waals surface area contributed by atoms with Crippen LogP contribution in [-0.2, 0) is 0 Å². The second-order valence-electron chi connectivity index (χ2n) is 5.84. The molecule has 0 aliphatic heterocycles. The molecule has 0 aliphatic carbocycles. The number of carboxylic acids is 1. The van der Waals surface area contributed by atoms with Crippen LogP contribution in [0.2, 0.25) is 0 Å². The number of hydrogen-bond acceptors (Lipinski definition) is 4. The topological polar surface area (TPSA) is 100 Å². The van der Waals surface area contributed by atoms with Crippen molar-refractivity contribution in [3.8, 4) is 22.4 Å². The van der Waals surface area contributed by atoms with Gasteiger partial charge in [-0.1, -0.05) is 6.07 Å². The quantitative estimate of drug-likeness (QED) is 0.487. The number of pyridine rings is 1. The predicted molar refractivity (Wildman–Crippen MR) is 99.1 cm³/mol. The largest absolute Gasteiger partial charge is 0.478 e. The normalized spacial score (nSPS) is 10.5. The lowest BCUT2D eigenvalue weighted by atomic mass is 9.94. The van der Waals surface area contributed by atoms with E-state index in [1.165, 1.54) is 12.1 Å². The van der Waals surface area contributed by atoms with Gasteiger partial charge in [-0.05, 0) is 54.4 Å². The van der Waals surface area contributed by atoms with Crippen LogP contribution < -0.4 is 5.73 Å². The van der Waals surface area contributed by atoms with E-state index in [2.05, 4.69) is 4.98 Å². The highest BCUT2D eigenvalue weighted by molar-refractivity contribution is 6.02. The summed E-state index contributed by atoms with van der Waals surface area (Å²) in [4.78, 5) is 15.9. The van der Waals surface area contributed by atoms with Crippen LogP contribution >= 0.6 is 0 Å². The molecule has 1 aromatic heterocycles. The first-order chi connectivity index (χ1) is 12.4. The van der Waals surface area contributed by atoms with Crippen molar-refractivity contribution in [1.82, 2.24) is 4.98 Å². The van der Waals surface area contributed by atoms with Gasteiger partial charge in [-0.2, -0.15) is 0 Å². The molecule has 6 heteroatoms. The second-order valence-corrected chi connectivity index (χ2v) is 5.84. The molecule has 0 saturated heterocycles. The summed E-state index contributed by atoms with van der Waals surface area (Å²) in [5.41, 5.74) is 9.14. The number of hydrogen-bond donors (Lipinski definition) is 3. The highest BCUT2D eigenvalue weighted by atomic mass is 19.1. The predicted octanol–water partition coefficient (Wildman–Crippen LogP) is 4.14. The fourth-order valence-electron chi connectivity index (χ4n) is 2.79. The van der Waals surface area contributed by atoms with Crippen molar-refractivity contribution in [2.45, 2.75) is 6.92 Å². The number of benzene rings is 2. The number of aryl methyl sites for hydroxylation is 1. The van der Waals surface area contributed by atoms with Gasteiger partial charge < -0.3 is 16.2 Å². The first-order valence-electron chi connectivity index (χ1n) is 7.81. The van der Waals surface area contributed by atoms with E-state index in [1.54, 1.807) is 43.5 Å². The van der Waals surface area contributed by atoms with Crippen LogP contribution in [0, 0.1) is 18.2 Å². The summed E-state index contributed by atoms with van der Waals surface area (Å²) in [5.74, 6) is -1.48. The molecule has 0 amide bonds. The van der Waals surface area contributed by atoms with Crippen molar-refractivity contribution in [2.75, 3.05) is 5.73 Å². The molecule has 0 aliphatic rings. The number of halogens is 1. The molecule has 3 rings (SSSR count). The molecule has 26 heavy (non-hydrogen) atoms. The summed E-state index contributed by atoms with van der Waals surface area (Å²) in [7, 11) is 0. The van der Waals surface area contributed by atoms with Crippen LogP contribution in [0.3, 0.4) is 0 Å². The summed E-state index contributed by atoms with van der Waals surface area (Å²) in [6.07, 6.45) is 2.63. The Labute approximate surface area is 149 Å². The lowest BCUT2D eigenvalue weighted by Gasteiger charge is -2.13. The van der Waals surface area contributed by atoms with Crippen LogP contribution in [0.15, 0.2) is 48.7 Å². The molecule has 2 aromatic carbocycles. The van der Waals surface area contributed by atoms with Crippen molar-refractivity contribution in [2.24, 2.45) is 0 Å². The molecule has 3 aromatic rings. The van der Waals surface area contributed by atoms with E-state index >= 15 is 0 Å². The van der Waals surface area contributed by atoms with Gasteiger partial charge in [0, 0.05) is 29.1 Å². The summed E-state index contributed by atoms with van der Waals surface area (Å²) in [6, 6.07) is 11.3. The van der Waals surface area contributed by atoms with E-state index in [9.17, 15) is 14.3 Å². The fourth-order valence-corrected chi connectivity index (χ4v) is 2.79. The Morgan fingerprint density at radius 3 is 2.65 bits per heavy atom. The second kappa shape index (κ2) is 6.76. The van der Waals surface area contributed by atoms with E-state index in [-0.39, 0.29) is 17.1 Å². The third-order valence-corrected chi connectivity index (χ3v) is 4.15. The molecule has 5 nitrogen and oxygen atoms in total. The highest BCUT2D eigenvalue weighted by Crippen LogP contribution is 2.33. The first kappa shape index (κ1) is 17.3. The Morgan fingerprint density at radius 1 is 1.23 bits per heavy atom. The lowest BCUT2D eigenvalue weighted by Crippen LogP contribution is -2.06. The Bertz CT molecular complexity index is 1030. The number of nitrogen functional groups attached to an aromatic ring is 1. The van der Waals surface area contributed by atoms with E-state index in [0.717, 1.165) is 6.21 Å². The standard InChI is InChI=1S/C20H16FN3O2/c1-11-7-12(4-5-17(11)21)19-15(3-2-6-24-19)13-8-14(10-22)18(23)16(9-13)20(25)26/h2-10,22H,23H2,1H3,(H,25,26). The average molecular weight is 349 g/mol. The van der Waals surface area contributed by atoms with E-state index < -0.39 is 5.97 Å². The molecule has 4 N–H and O–H groups in total. The SMILES string of the molecule is Cc1cc(-c2ncccc2-c2cc(C=N)c(N)c(C(=O)O)c2)ccc1F. The minimum atomic E-state index is -1.17. The van der Waals surface area contributed by atoms with Gasteiger partial charge in [0.25, 0.3) is 0 Å². The van der Waals surface area contributed by atoms with Crippen molar-refractivity contribution in [3.05, 3.63) is 71.2 Å². The van der Waals surface area contributed by atoms with Crippen LogP contribution in [0.1, 0.15) is 21.5 Å². The highest BCUT2D eigenvalue weighted by Gasteiger charge is 2.16. The van der Waals surface area contributed by atoms with Gasteiger partial charge in [0.2, 0.25) is 0 Å². The lowest BCUT2D eigenvalue weighted by molar-refractivity contribution is 0.0698. The zero-order valence-electron chi connectivity index (χ0n) is 14.0. The van der Waals surface area contributed by atoms with Gasteiger partial charge in [-0.3, -0.25) is 4.98 Å². The van der Waals surface area contributed by atoms with Gasteiger partial charge in [0.05, 0.1) is 16.9 Å². The average Bonchev–Trinajstić information content (AvgIpc) is 2.64. The smallest absolute Gasteiger partial charge is 0.337 e. The maximum Gasteiger partial charge on any atom is 0.337 e. The van der Waals surface area contributed by atoms with Gasteiger partial charge in [-0.25, -0.2) is 9.18 Å². The van der Waals surface area contributed by atoms with Crippen LogP contribution in [0.5, 0.6) is 0 Å². The monoisotopic (exact) mass is 349 g/mol. The number of nitrogens with one attached hydrogen (secondary N) is 1. The van der Waals surface area contributed by atoms with Gasteiger partial charge >= 0.3 is 5.97 Å². The fraction of sp³-hybridized carbons (Fsp3) is 0.0500. The molecule has 0 fully saturated rings. The molecule has 0 spiro atoms.